The predicted octanol–water partition coefficient (Wildman–Crippen LogP) is 4.07. The van der Waals surface area contributed by atoms with Gasteiger partial charge in [-0.15, -0.1) is 0 Å². The van der Waals surface area contributed by atoms with Crippen LogP contribution in [0.1, 0.15) is 52.5 Å². The number of nitrogens with zero attached hydrogens (tertiary/aromatic N) is 1. The summed E-state index contributed by atoms with van der Waals surface area (Å²) < 4.78 is 0. The Balaban J connectivity index is 2.80. The van der Waals surface area contributed by atoms with Crippen molar-refractivity contribution in [3.05, 3.63) is 35.9 Å². The molecule has 0 amide bonds. The highest BCUT2D eigenvalue weighted by atomic mass is 15.1. The Labute approximate surface area is 131 Å². The van der Waals surface area contributed by atoms with Gasteiger partial charge in [-0.2, -0.15) is 0 Å². The second kappa shape index (κ2) is 9.97. The minimum absolute atomic E-state index is 0.181. The summed E-state index contributed by atoms with van der Waals surface area (Å²) >= 11 is 0. The molecule has 21 heavy (non-hydrogen) atoms. The molecule has 1 N–H and O–H groups in total. The lowest BCUT2D eigenvalue weighted by Crippen LogP contribution is -2.46. The maximum Gasteiger partial charge on any atom is 0.0177 e. The molecule has 1 aromatic carbocycles. The van der Waals surface area contributed by atoms with Gasteiger partial charge in [0.25, 0.3) is 0 Å². The fraction of sp³-hybridized carbons (Fsp3) is 0.684. The Morgan fingerprint density at radius 1 is 1.05 bits per heavy atom. The molecule has 0 fully saturated rings. The van der Waals surface area contributed by atoms with Crippen LogP contribution in [0, 0.1) is 0 Å². The van der Waals surface area contributed by atoms with Crippen molar-refractivity contribution in [3.63, 3.8) is 0 Å². The molecule has 0 aliphatic carbocycles. The maximum atomic E-state index is 3.63. The Morgan fingerprint density at radius 3 is 2.33 bits per heavy atom. The second-order valence-corrected chi connectivity index (χ2v) is 6.33. The molecule has 1 atom stereocenters. The average Bonchev–Trinajstić information content (AvgIpc) is 2.52. The maximum absolute atomic E-state index is 3.63. The molecule has 0 bridgehead atoms. The van der Waals surface area contributed by atoms with E-state index in [1.165, 1.54) is 31.4 Å². The number of benzene rings is 1. The second-order valence-electron chi connectivity index (χ2n) is 6.33. The van der Waals surface area contributed by atoms with Crippen molar-refractivity contribution in [2.24, 2.45) is 0 Å². The van der Waals surface area contributed by atoms with Crippen molar-refractivity contribution in [3.8, 4) is 0 Å². The first-order valence-electron chi connectivity index (χ1n) is 8.64. The summed E-state index contributed by atoms with van der Waals surface area (Å²) in [6.07, 6.45) is 3.76. The van der Waals surface area contributed by atoms with E-state index in [1.807, 2.05) is 0 Å². The van der Waals surface area contributed by atoms with Crippen LogP contribution in [0.5, 0.6) is 0 Å². The van der Waals surface area contributed by atoms with Crippen molar-refractivity contribution in [1.82, 2.24) is 10.2 Å². The van der Waals surface area contributed by atoms with Gasteiger partial charge in [0.05, 0.1) is 0 Å². The van der Waals surface area contributed by atoms with Crippen LogP contribution in [0.15, 0.2) is 30.3 Å². The van der Waals surface area contributed by atoms with E-state index in [0.717, 1.165) is 26.2 Å². The lowest BCUT2D eigenvalue weighted by Gasteiger charge is -2.36. The largest absolute Gasteiger partial charge is 0.316 e. The molecular formula is C19H34N2. The molecule has 120 valence electrons. The summed E-state index contributed by atoms with van der Waals surface area (Å²) in [5, 5.41) is 3.63. The summed E-state index contributed by atoms with van der Waals surface area (Å²) in [6.45, 7) is 14.8. The van der Waals surface area contributed by atoms with Crippen LogP contribution in [0.25, 0.3) is 0 Å². The zero-order chi connectivity index (χ0) is 15.6. The molecule has 1 unspecified atom stereocenters. The van der Waals surface area contributed by atoms with E-state index < -0.39 is 0 Å². The average molecular weight is 290 g/mol. The van der Waals surface area contributed by atoms with Crippen molar-refractivity contribution < 1.29 is 0 Å². The highest BCUT2D eigenvalue weighted by Gasteiger charge is 2.28. The highest BCUT2D eigenvalue weighted by Crippen LogP contribution is 2.24. The quantitative estimate of drug-likeness (QED) is 0.618. The van der Waals surface area contributed by atoms with Crippen LogP contribution in [0.4, 0.5) is 0 Å². The molecule has 0 saturated carbocycles. The van der Waals surface area contributed by atoms with Gasteiger partial charge in [-0.1, -0.05) is 64.4 Å². The third-order valence-corrected chi connectivity index (χ3v) is 4.26. The van der Waals surface area contributed by atoms with Crippen molar-refractivity contribution in [1.29, 1.82) is 0 Å². The van der Waals surface area contributed by atoms with Gasteiger partial charge in [0.15, 0.2) is 0 Å². The van der Waals surface area contributed by atoms with Gasteiger partial charge in [-0.3, -0.25) is 0 Å². The van der Waals surface area contributed by atoms with E-state index in [2.05, 4.69) is 68.2 Å². The summed E-state index contributed by atoms with van der Waals surface area (Å²) in [4.78, 5) is 2.60. The Morgan fingerprint density at radius 2 is 1.76 bits per heavy atom. The number of rotatable bonds is 11. The number of unbranched alkanes of at least 4 members (excludes halogenated alkanes) is 1. The topological polar surface area (TPSA) is 15.3 Å². The summed E-state index contributed by atoms with van der Waals surface area (Å²) in [7, 11) is 0. The van der Waals surface area contributed by atoms with E-state index >= 15 is 0 Å². The van der Waals surface area contributed by atoms with Crippen LogP contribution in [-0.4, -0.2) is 37.6 Å². The molecule has 2 heteroatoms. The minimum Gasteiger partial charge on any atom is -0.316 e. The van der Waals surface area contributed by atoms with E-state index in [0.29, 0.717) is 0 Å². The normalized spacial score (nSPS) is 14.3. The molecule has 0 saturated heterocycles. The Bertz CT molecular complexity index is 363. The minimum atomic E-state index is 0.181. The molecule has 1 rings (SSSR count). The Hall–Kier alpha value is -0.860. The number of likely N-dealkylation sites (N-methyl/N-ethyl adjacent to an activating group) is 1. The molecule has 0 aromatic heterocycles. The third-order valence-electron chi connectivity index (χ3n) is 4.26. The van der Waals surface area contributed by atoms with Gasteiger partial charge in [0, 0.05) is 18.5 Å². The fourth-order valence-electron chi connectivity index (χ4n) is 2.86. The van der Waals surface area contributed by atoms with Crippen LogP contribution >= 0.6 is 0 Å². The van der Waals surface area contributed by atoms with E-state index in [1.54, 1.807) is 0 Å². The van der Waals surface area contributed by atoms with Gasteiger partial charge in [0.1, 0.15) is 0 Å². The number of hydrogen-bond donors (Lipinski definition) is 1. The van der Waals surface area contributed by atoms with Gasteiger partial charge in [-0.05, 0) is 38.0 Å². The van der Waals surface area contributed by atoms with Crippen LogP contribution in [0.3, 0.4) is 0 Å². The summed E-state index contributed by atoms with van der Waals surface area (Å²) in [5.41, 5.74) is 1.63. The van der Waals surface area contributed by atoms with Crippen LogP contribution < -0.4 is 5.32 Å². The van der Waals surface area contributed by atoms with Crippen molar-refractivity contribution in [2.75, 3.05) is 32.7 Å². The van der Waals surface area contributed by atoms with E-state index in [4.69, 9.17) is 0 Å². The molecule has 1 aromatic rings. The first kappa shape index (κ1) is 18.2. The summed E-state index contributed by atoms with van der Waals surface area (Å²) in [5.74, 6) is 0. The monoisotopic (exact) mass is 290 g/mol. The van der Waals surface area contributed by atoms with Gasteiger partial charge in [-0.25, -0.2) is 0 Å². The lowest BCUT2D eigenvalue weighted by molar-refractivity contribution is 0.217. The zero-order valence-corrected chi connectivity index (χ0v) is 14.5. The molecule has 0 spiro atoms. The van der Waals surface area contributed by atoms with Gasteiger partial charge in [0.2, 0.25) is 0 Å². The van der Waals surface area contributed by atoms with E-state index in [9.17, 15) is 0 Å². The van der Waals surface area contributed by atoms with E-state index in [-0.39, 0.29) is 5.41 Å². The highest BCUT2D eigenvalue weighted by molar-refractivity contribution is 5.25. The number of nitrogens with one attached hydrogen (secondary N) is 1. The molecule has 0 radical (unpaired) electrons. The molecule has 0 heterocycles. The van der Waals surface area contributed by atoms with Crippen LogP contribution in [0.2, 0.25) is 0 Å². The first-order valence-corrected chi connectivity index (χ1v) is 8.64. The molecule has 0 aliphatic rings. The van der Waals surface area contributed by atoms with Gasteiger partial charge >= 0.3 is 0 Å². The third kappa shape index (κ3) is 6.19. The first-order chi connectivity index (χ1) is 10.2. The zero-order valence-electron chi connectivity index (χ0n) is 14.5. The number of hydrogen-bond acceptors (Lipinski definition) is 2. The predicted molar refractivity (Wildman–Crippen MR) is 94.0 cm³/mol. The standard InChI is InChI=1S/C19H34N2/c1-5-8-15-21(7-3)17-19(4,16-20-14-6-2)18-12-10-9-11-13-18/h9-13,20H,5-8,14-17H2,1-4H3. The van der Waals surface area contributed by atoms with Crippen molar-refractivity contribution in [2.45, 2.75) is 52.4 Å². The molecule has 0 aliphatic heterocycles. The molecular weight excluding hydrogens is 256 g/mol. The Kier molecular flexibility index (Phi) is 8.63. The molecule has 2 nitrogen and oxygen atoms in total. The fourth-order valence-corrected chi connectivity index (χ4v) is 2.86. The smallest absolute Gasteiger partial charge is 0.0177 e. The van der Waals surface area contributed by atoms with Crippen molar-refractivity contribution >= 4 is 0 Å². The van der Waals surface area contributed by atoms with Gasteiger partial charge < -0.3 is 10.2 Å². The SMILES string of the molecule is CCCCN(CC)CC(C)(CNCCC)c1ccccc1. The van der Waals surface area contributed by atoms with Crippen LogP contribution in [-0.2, 0) is 5.41 Å². The summed E-state index contributed by atoms with van der Waals surface area (Å²) in [6, 6.07) is 11.0. The lowest BCUT2D eigenvalue weighted by atomic mass is 9.81.